The monoisotopic (exact) mass is 387 g/mol. The molecule has 0 atom stereocenters. The number of hydrogen-bond acceptors (Lipinski definition) is 6. The van der Waals surface area contributed by atoms with Crippen LogP contribution in [0.3, 0.4) is 0 Å². The normalized spacial score (nSPS) is 13.9. The fraction of sp³-hybridized carbons (Fsp3) is 0.227. The highest BCUT2D eigenvalue weighted by atomic mass is 15.3. The lowest BCUT2D eigenvalue weighted by Crippen LogP contribution is -2.32. The van der Waals surface area contributed by atoms with Gasteiger partial charge in [-0.25, -0.2) is 4.98 Å². The van der Waals surface area contributed by atoms with Gasteiger partial charge in [0.15, 0.2) is 0 Å². The van der Waals surface area contributed by atoms with Crippen molar-refractivity contribution in [1.29, 1.82) is 5.41 Å². The highest BCUT2D eigenvalue weighted by Gasteiger charge is 2.22. The lowest BCUT2D eigenvalue weighted by molar-refractivity contribution is 0.663. The average Bonchev–Trinajstić information content (AvgIpc) is 3.03. The van der Waals surface area contributed by atoms with E-state index in [1.807, 2.05) is 30.3 Å². The molecule has 0 amide bonds. The van der Waals surface area contributed by atoms with E-state index in [2.05, 4.69) is 39.8 Å². The molecule has 148 valence electrons. The summed E-state index contributed by atoms with van der Waals surface area (Å²) in [6.45, 7) is 3.87. The van der Waals surface area contributed by atoms with Gasteiger partial charge in [0.2, 0.25) is 5.95 Å². The van der Waals surface area contributed by atoms with Crippen LogP contribution in [-0.2, 0) is 20.0 Å². The first-order chi connectivity index (χ1) is 14.1. The molecule has 7 nitrogen and oxygen atoms in total. The number of aryl methyl sites for hydroxylation is 1. The van der Waals surface area contributed by atoms with Crippen LogP contribution in [0.1, 0.15) is 22.5 Å². The summed E-state index contributed by atoms with van der Waals surface area (Å²) in [4.78, 5) is 11.4. The number of fused-ring (bicyclic) bond motifs is 1. The molecule has 4 N–H and O–H groups in total. The summed E-state index contributed by atoms with van der Waals surface area (Å²) >= 11 is 0. The molecule has 0 saturated heterocycles. The smallest absolute Gasteiger partial charge is 0.227 e. The van der Waals surface area contributed by atoms with E-state index in [9.17, 15) is 0 Å². The van der Waals surface area contributed by atoms with Crippen molar-refractivity contribution in [2.75, 3.05) is 16.8 Å². The van der Waals surface area contributed by atoms with Crippen molar-refractivity contribution in [3.63, 3.8) is 0 Å². The molecule has 29 heavy (non-hydrogen) atoms. The largest absolute Gasteiger partial charge is 0.404 e. The van der Waals surface area contributed by atoms with Gasteiger partial charge in [0.05, 0.1) is 6.54 Å². The maximum Gasteiger partial charge on any atom is 0.227 e. The van der Waals surface area contributed by atoms with Crippen LogP contribution in [0.4, 0.5) is 17.5 Å². The fourth-order valence-corrected chi connectivity index (χ4v) is 3.66. The molecule has 7 heteroatoms. The van der Waals surface area contributed by atoms with Crippen molar-refractivity contribution < 1.29 is 0 Å². The third-order valence-corrected chi connectivity index (χ3v) is 5.43. The Balaban J connectivity index is 1.51. The Morgan fingerprint density at radius 3 is 2.76 bits per heavy atom. The topological polar surface area (TPSA) is 95.9 Å². The Labute approximate surface area is 170 Å². The van der Waals surface area contributed by atoms with Crippen molar-refractivity contribution in [3.05, 3.63) is 71.3 Å². The molecule has 0 bridgehead atoms. The minimum absolute atomic E-state index is 0.682. The van der Waals surface area contributed by atoms with Crippen molar-refractivity contribution in [1.82, 2.24) is 14.5 Å². The molecule has 0 radical (unpaired) electrons. The van der Waals surface area contributed by atoms with Gasteiger partial charge in [0.25, 0.3) is 0 Å². The van der Waals surface area contributed by atoms with E-state index in [1.165, 1.54) is 29.4 Å². The maximum absolute atomic E-state index is 7.40. The Kier molecular flexibility index (Phi) is 5.03. The lowest BCUT2D eigenvalue weighted by atomic mass is 10.1. The van der Waals surface area contributed by atoms with Gasteiger partial charge in [0.1, 0.15) is 5.82 Å². The number of rotatable bonds is 5. The van der Waals surface area contributed by atoms with E-state index in [-0.39, 0.29) is 0 Å². The van der Waals surface area contributed by atoms with Gasteiger partial charge >= 0.3 is 0 Å². The summed E-state index contributed by atoms with van der Waals surface area (Å²) in [7, 11) is 2.11. The van der Waals surface area contributed by atoms with Gasteiger partial charge in [-0.3, -0.25) is 0 Å². The first kappa shape index (κ1) is 18.7. The third kappa shape index (κ3) is 3.71. The zero-order valence-electron chi connectivity index (χ0n) is 16.7. The van der Waals surface area contributed by atoms with Crippen LogP contribution in [0.2, 0.25) is 0 Å². The van der Waals surface area contributed by atoms with E-state index >= 15 is 0 Å². The number of anilines is 3. The molecule has 0 unspecified atom stereocenters. The predicted molar refractivity (Wildman–Crippen MR) is 118 cm³/mol. The summed E-state index contributed by atoms with van der Waals surface area (Å²) in [6, 6.07) is 11.9. The Morgan fingerprint density at radius 2 is 2.03 bits per heavy atom. The van der Waals surface area contributed by atoms with Gasteiger partial charge in [-0.15, -0.1) is 0 Å². The van der Waals surface area contributed by atoms with Crippen LogP contribution in [0.15, 0.2) is 48.8 Å². The van der Waals surface area contributed by atoms with Gasteiger partial charge in [-0.1, -0.05) is 12.1 Å². The number of nitrogens with two attached hydrogens (primary N) is 1. The quantitative estimate of drug-likeness (QED) is 0.583. The van der Waals surface area contributed by atoms with Crippen LogP contribution in [0.5, 0.6) is 0 Å². The number of hydrogen-bond donors (Lipinski definition) is 3. The average molecular weight is 387 g/mol. The van der Waals surface area contributed by atoms with Crippen LogP contribution < -0.4 is 16.0 Å². The van der Waals surface area contributed by atoms with Crippen LogP contribution in [0, 0.1) is 12.3 Å². The number of allylic oxidation sites excluding steroid dienone is 1. The second kappa shape index (κ2) is 7.79. The highest BCUT2D eigenvalue weighted by Crippen LogP contribution is 2.25. The zero-order valence-corrected chi connectivity index (χ0v) is 16.7. The first-order valence-electron chi connectivity index (χ1n) is 9.61. The van der Waals surface area contributed by atoms with Crippen molar-refractivity contribution >= 4 is 29.2 Å². The summed E-state index contributed by atoms with van der Waals surface area (Å²) in [5.41, 5.74) is 12.1. The molecule has 1 aliphatic rings. The van der Waals surface area contributed by atoms with E-state index in [1.54, 1.807) is 6.20 Å². The summed E-state index contributed by atoms with van der Waals surface area (Å²) < 4.78 is 2.25. The Bertz CT molecular complexity index is 1060. The molecule has 3 aromatic rings. The molecular formula is C22H25N7. The SMILES string of the molecule is Cc1cc2c(n1C)CN(c1nccc(Nc3ccc(/C(C=N)=C/N)cc3)n1)CC2. The van der Waals surface area contributed by atoms with Crippen LogP contribution in [0.25, 0.3) is 5.57 Å². The highest BCUT2D eigenvalue weighted by molar-refractivity contribution is 6.08. The molecule has 1 aromatic carbocycles. The Hall–Kier alpha value is -3.61. The maximum atomic E-state index is 7.40. The number of aromatic nitrogens is 3. The fourth-order valence-electron chi connectivity index (χ4n) is 3.66. The third-order valence-electron chi connectivity index (χ3n) is 5.43. The van der Waals surface area contributed by atoms with E-state index in [4.69, 9.17) is 16.1 Å². The number of nitrogens with one attached hydrogen (secondary N) is 2. The van der Waals surface area contributed by atoms with Crippen molar-refractivity contribution in [3.8, 4) is 0 Å². The van der Waals surface area contributed by atoms with E-state index < -0.39 is 0 Å². The van der Waals surface area contributed by atoms with Gasteiger partial charge in [0, 0.05) is 54.9 Å². The van der Waals surface area contributed by atoms with E-state index in [0.29, 0.717) is 5.57 Å². The summed E-state index contributed by atoms with van der Waals surface area (Å²) in [5, 5.41) is 10.7. The van der Waals surface area contributed by atoms with Gasteiger partial charge < -0.3 is 25.9 Å². The van der Waals surface area contributed by atoms with Crippen molar-refractivity contribution in [2.45, 2.75) is 19.9 Å². The molecule has 4 rings (SSSR count). The second-order valence-electron chi connectivity index (χ2n) is 7.20. The molecule has 0 aliphatic carbocycles. The molecule has 0 spiro atoms. The minimum Gasteiger partial charge on any atom is -0.404 e. The van der Waals surface area contributed by atoms with E-state index in [0.717, 1.165) is 42.5 Å². The molecule has 0 fully saturated rings. The lowest BCUT2D eigenvalue weighted by Gasteiger charge is -2.28. The van der Waals surface area contributed by atoms with Crippen LogP contribution in [-0.4, -0.2) is 27.3 Å². The first-order valence-corrected chi connectivity index (χ1v) is 9.61. The molecular weight excluding hydrogens is 362 g/mol. The number of nitrogens with zero attached hydrogens (tertiary/aromatic N) is 4. The van der Waals surface area contributed by atoms with Gasteiger partial charge in [-0.2, -0.15) is 4.98 Å². The summed E-state index contributed by atoms with van der Waals surface area (Å²) in [6.07, 6.45) is 5.47. The summed E-state index contributed by atoms with van der Waals surface area (Å²) in [5.74, 6) is 1.48. The Morgan fingerprint density at radius 1 is 1.24 bits per heavy atom. The molecule has 0 saturated carbocycles. The molecule has 1 aliphatic heterocycles. The zero-order chi connectivity index (χ0) is 20.4. The second-order valence-corrected chi connectivity index (χ2v) is 7.20. The standard InChI is InChI=1S/C22H25N7/c1-15-11-17-8-10-29(14-20(17)28(15)2)22-25-9-7-21(27-22)26-19-5-3-16(4-6-19)18(12-23)13-24/h3-7,9,11-13,23H,8,10,14,24H2,1-2H3,(H,25,26,27)/b18-13+,23-12?. The number of benzene rings is 1. The minimum atomic E-state index is 0.682. The van der Waals surface area contributed by atoms with Crippen molar-refractivity contribution in [2.24, 2.45) is 12.8 Å². The molecule has 2 aromatic heterocycles. The van der Waals surface area contributed by atoms with Gasteiger partial charge in [-0.05, 0) is 48.7 Å². The van der Waals surface area contributed by atoms with Crippen LogP contribution >= 0.6 is 0 Å². The molecule has 3 heterocycles. The predicted octanol–water partition coefficient (Wildman–Crippen LogP) is 3.38.